The largest absolute Gasteiger partial charge is 0.416 e. The molecule has 1 atom stereocenters. The van der Waals surface area contributed by atoms with Crippen molar-refractivity contribution in [3.63, 3.8) is 0 Å². The molecule has 226 valence electrons. The Morgan fingerprint density at radius 1 is 0.854 bits per heavy atom. The molecule has 4 nitrogen and oxygen atoms in total. The van der Waals surface area contributed by atoms with Gasteiger partial charge in [-0.2, -0.15) is 26.3 Å². The lowest BCUT2D eigenvalue weighted by atomic mass is 9.95. The summed E-state index contributed by atoms with van der Waals surface area (Å²) in [5.41, 5.74) is -1.96. The van der Waals surface area contributed by atoms with Crippen molar-refractivity contribution in [1.29, 1.82) is 0 Å². The van der Waals surface area contributed by atoms with E-state index in [0.717, 1.165) is 56.7 Å². The van der Waals surface area contributed by atoms with Gasteiger partial charge in [-0.3, -0.25) is 9.69 Å². The summed E-state index contributed by atoms with van der Waals surface area (Å²) >= 11 is 0. The molecule has 0 aliphatic carbocycles. The van der Waals surface area contributed by atoms with Crippen LogP contribution < -0.4 is 0 Å². The van der Waals surface area contributed by atoms with Gasteiger partial charge in [0, 0.05) is 31.7 Å². The number of nitrogens with zero attached hydrogens (tertiary/aromatic N) is 3. The minimum absolute atomic E-state index is 0.00266. The highest BCUT2D eigenvalue weighted by Gasteiger charge is 2.38. The number of alkyl halides is 6. The fourth-order valence-electron chi connectivity index (χ4n) is 6.13. The maximum atomic E-state index is 14.2. The fourth-order valence-corrected chi connectivity index (χ4v) is 6.13. The first-order chi connectivity index (χ1) is 19.3. The van der Waals surface area contributed by atoms with Crippen LogP contribution >= 0.6 is 0 Å². The van der Waals surface area contributed by atoms with Crippen molar-refractivity contribution >= 4 is 5.91 Å². The third-order valence-corrected chi connectivity index (χ3v) is 8.32. The lowest BCUT2D eigenvalue weighted by Crippen LogP contribution is -2.51. The van der Waals surface area contributed by atoms with E-state index in [1.807, 2.05) is 44.2 Å². The van der Waals surface area contributed by atoms with Gasteiger partial charge >= 0.3 is 12.4 Å². The lowest BCUT2D eigenvalue weighted by Gasteiger charge is -2.43. The molecule has 0 saturated carbocycles. The van der Waals surface area contributed by atoms with Gasteiger partial charge in [0.15, 0.2) is 0 Å². The summed E-state index contributed by atoms with van der Waals surface area (Å²) in [7, 11) is 0. The zero-order valence-corrected chi connectivity index (χ0v) is 23.6. The Labute approximate surface area is 238 Å². The molecule has 2 heterocycles. The van der Waals surface area contributed by atoms with Gasteiger partial charge in [0.2, 0.25) is 5.91 Å². The first-order valence-corrected chi connectivity index (χ1v) is 14.5. The molecule has 2 fully saturated rings. The van der Waals surface area contributed by atoms with E-state index in [9.17, 15) is 31.1 Å². The zero-order valence-electron chi connectivity index (χ0n) is 23.6. The monoisotopic (exact) mass is 583 g/mol. The summed E-state index contributed by atoms with van der Waals surface area (Å²) in [5.74, 6) is -0.189. The van der Waals surface area contributed by atoms with Crippen LogP contribution in [0.2, 0.25) is 0 Å². The Bertz CT molecular complexity index is 1100. The summed E-state index contributed by atoms with van der Waals surface area (Å²) in [6, 6.07) is 10.7. The van der Waals surface area contributed by atoms with E-state index in [0.29, 0.717) is 6.04 Å². The second kappa shape index (κ2) is 13.2. The fraction of sp³-hybridized carbons (Fsp3) is 0.581. The number of carbonyl (C=O) groups excluding carboxylic acids is 1. The normalized spacial score (nSPS) is 19.0. The number of carbonyl (C=O) groups is 1. The molecular weight excluding hydrogens is 544 g/mol. The quantitative estimate of drug-likeness (QED) is 0.308. The van der Waals surface area contributed by atoms with Crippen LogP contribution in [0.3, 0.4) is 0 Å². The highest BCUT2D eigenvalue weighted by atomic mass is 19.4. The number of likely N-dealkylation sites (tertiary alicyclic amines) is 2. The van der Waals surface area contributed by atoms with Crippen molar-refractivity contribution in [1.82, 2.24) is 14.7 Å². The van der Waals surface area contributed by atoms with Crippen LogP contribution in [0, 0.1) is 0 Å². The summed E-state index contributed by atoms with van der Waals surface area (Å²) in [5, 5.41) is 0. The first-order valence-electron chi connectivity index (χ1n) is 14.5. The second-order valence-electron chi connectivity index (χ2n) is 11.5. The van der Waals surface area contributed by atoms with E-state index >= 15 is 0 Å². The van der Waals surface area contributed by atoms with Crippen LogP contribution in [0.5, 0.6) is 0 Å². The van der Waals surface area contributed by atoms with E-state index in [1.54, 1.807) is 4.90 Å². The Morgan fingerprint density at radius 3 is 1.93 bits per heavy atom. The highest BCUT2D eigenvalue weighted by Crippen LogP contribution is 2.37. The Kier molecular flexibility index (Phi) is 10.1. The van der Waals surface area contributed by atoms with Gasteiger partial charge in [-0.25, -0.2) is 0 Å². The van der Waals surface area contributed by atoms with Crippen LogP contribution in [-0.4, -0.2) is 65.4 Å². The average molecular weight is 584 g/mol. The molecule has 2 aromatic rings. The Hall–Kier alpha value is -2.59. The number of halogens is 6. The Morgan fingerprint density at radius 2 is 1.41 bits per heavy atom. The van der Waals surface area contributed by atoms with Crippen molar-refractivity contribution in [2.24, 2.45) is 0 Å². The molecule has 0 radical (unpaired) electrons. The van der Waals surface area contributed by atoms with Crippen molar-refractivity contribution in [3.05, 3.63) is 70.8 Å². The number of rotatable bonds is 8. The minimum atomic E-state index is -4.91. The molecule has 0 spiro atoms. The van der Waals surface area contributed by atoms with Gasteiger partial charge in [-0.05, 0) is 88.4 Å². The standard InChI is InChI=1S/C31H39F6N3O/c1-22(2)40(18-11-23-19-25(30(32,33)34)21-26(20-23)31(35,36)37)29(41)28(24-9-5-3-6-10-24)39-16-12-27(13-17-39)38-14-7-4-8-15-38/h3,5-6,9-10,19-22,27-28H,4,7-8,11-18H2,1-2H3. The highest BCUT2D eigenvalue weighted by molar-refractivity contribution is 5.83. The molecule has 2 aliphatic heterocycles. The number of amides is 1. The maximum absolute atomic E-state index is 14.2. The van der Waals surface area contributed by atoms with E-state index in [2.05, 4.69) is 9.80 Å². The van der Waals surface area contributed by atoms with Gasteiger partial charge in [-0.15, -0.1) is 0 Å². The molecule has 2 saturated heterocycles. The third-order valence-electron chi connectivity index (χ3n) is 8.32. The minimum Gasteiger partial charge on any atom is -0.338 e. The van der Waals surface area contributed by atoms with Crippen molar-refractivity contribution in [2.45, 2.75) is 82.9 Å². The molecule has 0 aromatic heterocycles. The van der Waals surface area contributed by atoms with E-state index in [4.69, 9.17) is 0 Å². The number of hydrogen-bond acceptors (Lipinski definition) is 3. The van der Waals surface area contributed by atoms with E-state index in [-0.39, 0.29) is 36.5 Å². The zero-order chi connectivity index (χ0) is 29.8. The molecule has 0 bridgehead atoms. The van der Waals surface area contributed by atoms with Crippen LogP contribution in [0.25, 0.3) is 0 Å². The molecular formula is C31H39F6N3O. The first kappa shape index (κ1) is 31.3. The molecule has 0 N–H and O–H groups in total. The van der Waals surface area contributed by atoms with Crippen LogP contribution in [0.1, 0.15) is 74.2 Å². The summed E-state index contributed by atoms with van der Waals surface area (Å²) < 4.78 is 80.4. The molecule has 10 heteroatoms. The maximum Gasteiger partial charge on any atom is 0.416 e. The smallest absolute Gasteiger partial charge is 0.338 e. The predicted molar refractivity (Wildman–Crippen MR) is 146 cm³/mol. The average Bonchev–Trinajstić information content (AvgIpc) is 2.93. The number of hydrogen-bond donors (Lipinski definition) is 0. The van der Waals surface area contributed by atoms with Crippen molar-refractivity contribution in [3.8, 4) is 0 Å². The molecule has 1 amide bonds. The molecule has 1 unspecified atom stereocenters. The number of benzene rings is 2. The van der Waals surface area contributed by atoms with E-state index < -0.39 is 29.5 Å². The van der Waals surface area contributed by atoms with Gasteiger partial charge in [0.05, 0.1) is 11.1 Å². The summed E-state index contributed by atoms with van der Waals surface area (Å²) in [4.78, 5) is 20.5. The van der Waals surface area contributed by atoms with Crippen molar-refractivity contribution < 1.29 is 31.1 Å². The molecule has 2 aliphatic rings. The molecule has 2 aromatic carbocycles. The lowest BCUT2D eigenvalue weighted by molar-refractivity contribution is -0.143. The number of piperidine rings is 2. The Balaban J connectivity index is 1.54. The van der Waals surface area contributed by atoms with Crippen molar-refractivity contribution in [2.75, 3.05) is 32.7 Å². The van der Waals surface area contributed by atoms with Crippen LogP contribution in [0.4, 0.5) is 26.3 Å². The van der Waals surface area contributed by atoms with Gasteiger partial charge in [0.25, 0.3) is 0 Å². The van der Waals surface area contributed by atoms with Crippen LogP contribution in [-0.2, 0) is 23.6 Å². The SMILES string of the molecule is CC(C)N(CCc1cc(C(F)(F)F)cc(C(F)(F)F)c1)C(=O)C(c1ccccc1)N1CCC(N2CCCCC2)CC1. The van der Waals surface area contributed by atoms with E-state index in [1.165, 1.54) is 19.3 Å². The summed E-state index contributed by atoms with van der Waals surface area (Å²) in [6.45, 7) is 7.33. The van der Waals surface area contributed by atoms with Gasteiger partial charge < -0.3 is 9.80 Å². The van der Waals surface area contributed by atoms with Gasteiger partial charge in [-0.1, -0.05) is 36.8 Å². The second-order valence-corrected chi connectivity index (χ2v) is 11.5. The molecule has 41 heavy (non-hydrogen) atoms. The summed E-state index contributed by atoms with van der Waals surface area (Å²) in [6.07, 6.45) is -4.37. The van der Waals surface area contributed by atoms with Crippen LogP contribution in [0.15, 0.2) is 48.5 Å². The van der Waals surface area contributed by atoms with Gasteiger partial charge in [0.1, 0.15) is 6.04 Å². The predicted octanol–water partition coefficient (Wildman–Crippen LogP) is 7.20. The topological polar surface area (TPSA) is 26.8 Å². The molecule has 4 rings (SSSR count). The third kappa shape index (κ3) is 8.03.